The highest BCUT2D eigenvalue weighted by molar-refractivity contribution is 5.99. The molecule has 5 aromatic rings. The number of aromatic nitrogens is 6. The Hall–Kier alpha value is -3.81. The molecule has 0 aliphatic heterocycles. The molecule has 0 bridgehead atoms. The SMILES string of the molecule is Nc1[nH][nH]c2cc3nc(-c4[nH]nc(-c5ccccc5)c4O)nc3cc12. The molecule has 0 fully saturated rings. The summed E-state index contributed by atoms with van der Waals surface area (Å²) < 4.78 is 0. The molecule has 25 heavy (non-hydrogen) atoms. The molecule has 0 aliphatic carbocycles. The first kappa shape index (κ1) is 13.6. The maximum absolute atomic E-state index is 10.5. The van der Waals surface area contributed by atoms with Gasteiger partial charge in [-0.3, -0.25) is 15.3 Å². The molecule has 0 saturated carbocycles. The largest absolute Gasteiger partial charge is 0.504 e. The highest BCUT2D eigenvalue weighted by Gasteiger charge is 2.19. The van der Waals surface area contributed by atoms with E-state index < -0.39 is 0 Å². The molecule has 122 valence electrons. The van der Waals surface area contributed by atoms with Crippen LogP contribution in [0.1, 0.15) is 0 Å². The van der Waals surface area contributed by atoms with Crippen LogP contribution in [0.15, 0.2) is 42.5 Å². The van der Waals surface area contributed by atoms with Crippen molar-refractivity contribution in [3.05, 3.63) is 42.5 Å². The van der Waals surface area contributed by atoms with Crippen LogP contribution in [0.2, 0.25) is 0 Å². The van der Waals surface area contributed by atoms with Crippen LogP contribution in [0.4, 0.5) is 5.82 Å². The molecule has 0 aliphatic rings. The Morgan fingerprint density at radius 1 is 0.960 bits per heavy atom. The van der Waals surface area contributed by atoms with Crippen molar-refractivity contribution in [3.63, 3.8) is 0 Å². The van der Waals surface area contributed by atoms with Crippen LogP contribution >= 0.6 is 0 Å². The van der Waals surface area contributed by atoms with E-state index in [9.17, 15) is 5.11 Å². The summed E-state index contributed by atoms with van der Waals surface area (Å²) in [4.78, 5) is 8.99. The van der Waals surface area contributed by atoms with E-state index in [4.69, 9.17) is 5.73 Å². The predicted molar refractivity (Wildman–Crippen MR) is 94.8 cm³/mol. The van der Waals surface area contributed by atoms with E-state index >= 15 is 0 Å². The average molecular weight is 331 g/mol. The van der Waals surface area contributed by atoms with Crippen molar-refractivity contribution in [2.45, 2.75) is 0 Å². The Bertz CT molecular complexity index is 1220. The molecule has 3 aromatic heterocycles. The second-order valence-electron chi connectivity index (χ2n) is 5.76. The summed E-state index contributed by atoms with van der Waals surface area (Å²) in [7, 11) is 0. The summed E-state index contributed by atoms with van der Waals surface area (Å²) in [5.74, 6) is 0.953. The number of hydrogen-bond donors (Lipinski definition) is 5. The average Bonchev–Trinajstić information content (AvgIpc) is 3.31. The zero-order chi connectivity index (χ0) is 17.0. The normalized spacial score (nSPS) is 11.5. The summed E-state index contributed by atoms with van der Waals surface area (Å²) in [6.07, 6.45) is 0. The van der Waals surface area contributed by atoms with Gasteiger partial charge in [-0.2, -0.15) is 5.10 Å². The van der Waals surface area contributed by atoms with E-state index in [-0.39, 0.29) is 5.75 Å². The van der Waals surface area contributed by atoms with Gasteiger partial charge in [0.2, 0.25) is 0 Å². The molecule has 0 radical (unpaired) electrons. The van der Waals surface area contributed by atoms with Crippen molar-refractivity contribution in [1.82, 2.24) is 30.4 Å². The lowest BCUT2D eigenvalue weighted by Crippen LogP contribution is -1.83. The third-order valence-electron chi connectivity index (χ3n) is 4.20. The number of nitrogens with two attached hydrogens (primary N) is 1. The molecular formula is C17H13N7O. The van der Waals surface area contributed by atoms with Crippen molar-refractivity contribution in [1.29, 1.82) is 0 Å². The molecular weight excluding hydrogens is 318 g/mol. The topological polar surface area (TPSA) is 132 Å². The van der Waals surface area contributed by atoms with Gasteiger partial charge in [-0.05, 0) is 12.1 Å². The minimum absolute atomic E-state index is 0.0277. The lowest BCUT2D eigenvalue weighted by atomic mass is 10.1. The first-order chi connectivity index (χ1) is 12.2. The number of nitrogens with one attached hydrogen (secondary N) is 3. The molecule has 5 rings (SSSR count). The maximum Gasteiger partial charge on any atom is 0.182 e. The number of aromatic hydroxyl groups is 1. The van der Waals surface area contributed by atoms with Gasteiger partial charge in [-0.15, -0.1) is 0 Å². The molecule has 0 unspecified atom stereocenters. The summed E-state index contributed by atoms with van der Waals surface area (Å²) in [5.41, 5.74) is 9.79. The number of anilines is 1. The molecule has 8 heteroatoms. The number of hydrogen-bond acceptors (Lipinski definition) is 5. The van der Waals surface area contributed by atoms with Crippen molar-refractivity contribution in [2.24, 2.45) is 0 Å². The monoisotopic (exact) mass is 331 g/mol. The van der Waals surface area contributed by atoms with E-state index in [0.717, 1.165) is 16.5 Å². The van der Waals surface area contributed by atoms with Crippen LogP contribution in [0, 0.1) is 0 Å². The van der Waals surface area contributed by atoms with E-state index in [1.54, 1.807) is 0 Å². The van der Waals surface area contributed by atoms with Gasteiger partial charge in [-0.1, -0.05) is 30.3 Å². The van der Waals surface area contributed by atoms with Gasteiger partial charge in [-0.25, -0.2) is 9.97 Å². The highest BCUT2D eigenvalue weighted by atomic mass is 16.3. The van der Waals surface area contributed by atoms with Gasteiger partial charge < -0.3 is 10.8 Å². The number of H-pyrrole nitrogens is 3. The van der Waals surface area contributed by atoms with Crippen LogP contribution < -0.4 is 5.73 Å². The fraction of sp³-hybridized carbons (Fsp3) is 0. The second-order valence-corrected chi connectivity index (χ2v) is 5.76. The van der Waals surface area contributed by atoms with E-state index in [0.29, 0.717) is 34.1 Å². The van der Waals surface area contributed by atoms with E-state index in [1.165, 1.54) is 0 Å². The van der Waals surface area contributed by atoms with Crippen LogP contribution in [0.5, 0.6) is 5.75 Å². The van der Waals surface area contributed by atoms with Crippen molar-refractivity contribution in [2.75, 3.05) is 5.73 Å². The van der Waals surface area contributed by atoms with Gasteiger partial charge in [0, 0.05) is 10.9 Å². The van der Waals surface area contributed by atoms with Gasteiger partial charge in [0.15, 0.2) is 11.6 Å². The number of aromatic amines is 3. The Morgan fingerprint density at radius 2 is 1.72 bits per heavy atom. The second kappa shape index (κ2) is 4.84. The van der Waals surface area contributed by atoms with Crippen molar-refractivity contribution in [3.8, 4) is 28.5 Å². The summed E-state index contributed by atoms with van der Waals surface area (Å²) >= 11 is 0. The minimum Gasteiger partial charge on any atom is -0.504 e. The molecule has 2 aromatic carbocycles. The Labute approximate surface area is 140 Å². The smallest absolute Gasteiger partial charge is 0.182 e. The van der Waals surface area contributed by atoms with Gasteiger partial charge in [0.1, 0.15) is 17.2 Å². The summed E-state index contributed by atoms with van der Waals surface area (Å²) in [5, 5.41) is 24.3. The fourth-order valence-corrected chi connectivity index (χ4v) is 2.94. The highest BCUT2D eigenvalue weighted by Crippen LogP contribution is 2.35. The van der Waals surface area contributed by atoms with Crippen LogP contribution in [-0.2, 0) is 0 Å². The molecule has 0 amide bonds. The summed E-state index contributed by atoms with van der Waals surface area (Å²) in [6.45, 7) is 0. The number of nitrogens with zero attached hydrogens (tertiary/aromatic N) is 3. The third-order valence-corrected chi connectivity index (χ3v) is 4.20. The van der Waals surface area contributed by atoms with E-state index in [1.807, 2.05) is 42.5 Å². The molecule has 3 heterocycles. The summed E-state index contributed by atoms with van der Waals surface area (Å²) in [6, 6.07) is 13.2. The number of imidazole rings is 1. The molecule has 6 N–H and O–H groups in total. The van der Waals surface area contributed by atoms with Crippen molar-refractivity contribution >= 4 is 27.8 Å². The molecule has 0 saturated heterocycles. The first-order valence-corrected chi connectivity index (χ1v) is 7.67. The Balaban J connectivity index is 1.66. The third kappa shape index (κ3) is 1.97. The van der Waals surface area contributed by atoms with Crippen LogP contribution in [-0.4, -0.2) is 35.5 Å². The number of rotatable bonds is 2. The molecule has 0 spiro atoms. The lowest BCUT2D eigenvalue weighted by Gasteiger charge is -1.96. The number of benzene rings is 2. The fourth-order valence-electron chi connectivity index (χ4n) is 2.94. The van der Waals surface area contributed by atoms with Crippen LogP contribution in [0.25, 0.3) is 44.7 Å². The number of nitrogen functional groups attached to an aromatic ring is 1. The van der Waals surface area contributed by atoms with Gasteiger partial charge in [0.05, 0.1) is 16.6 Å². The standard InChI is InChI=1S/C17H13N7O/c18-16-9-6-11-12(7-10(9)21-24-16)20-17(19-11)14-15(25)13(22-23-14)8-4-2-1-3-5-8/h1-7,21,24-25H,18H2,(H,22,23). The zero-order valence-corrected chi connectivity index (χ0v) is 12.9. The zero-order valence-electron chi connectivity index (χ0n) is 12.9. The Morgan fingerprint density at radius 3 is 2.52 bits per heavy atom. The molecule has 8 nitrogen and oxygen atoms in total. The van der Waals surface area contributed by atoms with Gasteiger partial charge in [0.25, 0.3) is 0 Å². The Kier molecular flexibility index (Phi) is 2.64. The van der Waals surface area contributed by atoms with Gasteiger partial charge >= 0.3 is 0 Å². The number of fused-ring (bicyclic) bond motifs is 2. The maximum atomic E-state index is 10.5. The van der Waals surface area contributed by atoms with E-state index in [2.05, 4.69) is 30.4 Å². The minimum atomic E-state index is 0.0277. The van der Waals surface area contributed by atoms with Crippen molar-refractivity contribution < 1.29 is 5.11 Å². The lowest BCUT2D eigenvalue weighted by molar-refractivity contribution is 0.479. The predicted octanol–water partition coefficient (Wildman–Crippen LogP) is 2.78. The molecule has 0 atom stereocenters. The van der Waals surface area contributed by atoms with Crippen LogP contribution in [0.3, 0.4) is 0 Å². The first-order valence-electron chi connectivity index (χ1n) is 7.67. The quantitative estimate of drug-likeness (QED) is 0.339.